The molecule has 0 aromatic heterocycles. The molecule has 132 valence electrons. The van der Waals surface area contributed by atoms with Crippen molar-refractivity contribution < 1.29 is 17.9 Å². The minimum Gasteiger partial charge on any atom is -0.496 e. The van der Waals surface area contributed by atoms with Crippen LogP contribution < -0.4 is 9.47 Å². The van der Waals surface area contributed by atoms with E-state index >= 15 is 0 Å². The summed E-state index contributed by atoms with van der Waals surface area (Å²) in [5.74, 6) is 1.78. The Morgan fingerprint density at radius 1 is 1.20 bits per heavy atom. The van der Waals surface area contributed by atoms with Crippen molar-refractivity contribution >= 4 is 10.0 Å². The highest BCUT2D eigenvalue weighted by Crippen LogP contribution is 2.36. The second-order valence-corrected chi connectivity index (χ2v) is 8.40. The zero-order chi connectivity index (χ0) is 17.4. The molecule has 2 aromatic rings. The molecule has 0 aliphatic carbocycles. The molecule has 2 heterocycles. The second-order valence-electron chi connectivity index (χ2n) is 6.46. The number of benzene rings is 2. The largest absolute Gasteiger partial charge is 0.496 e. The molecule has 2 aromatic carbocycles. The maximum Gasteiger partial charge on any atom is 0.243 e. The number of para-hydroxylation sites is 1. The molecule has 0 saturated carbocycles. The van der Waals surface area contributed by atoms with Crippen LogP contribution in [-0.2, 0) is 16.4 Å². The first-order valence-electron chi connectivity index (χ1n) is 8.48. The molecule has 0 radical (unpaired) electrons. The minimum absolute atomic E-state index is 0.156. The normalized spacial score (nSPS) is 20.3. The van der Waals surface area contributed by atoms with E-state index in [0.29, 0.717) is 24.6 Å². The van der Waals surface area contributed by atoms with Crippen LogP contribution in [0.25, 0.3) is 0 Å². The minimum atomic E-state index is -3.48. The molecule has 5 nitrogen and oxygen atoms in total. The smallest absolute Gasteiger partial charge is 0.243 e. The lowest BCUT2D eigenvalue weighted by Crippen LogP contribution is -2.28. The standard InChI is InChI=1S/C19H21NO4S/c1-23-19-5-3-2-4-17(19)15-8-10-20(13-15)25(21,22)16-6-7-18-14(12-16)9-11-24-18/h2-7,12,15H,8-11,13H2,1H3/t15-/m0/s1. The van der Waals surface area contributed by atoms with E-state index in [9.17, 15) is 8.42 Å². The molecule has 6 heteroatoms. The molecule has 2 aliphatic heterocycles. The van der Waals surface area contributed by atoms with Crippen molar-refractivity contribution in [1.29, 1.82) is 0 Å². The SMILES string of the molecule is COc1ccccc1[C@H]1CCN(S(=O)(=O)c2ccc3c(c2)CCO3)C1. The average Bonchev–Trinajstić information content (AvgIpc) is 3.30. The monoisotopic (exact) mass is 359 g/mol. The molecule has 0 unspecified atom stereocenters. The predicted octanol–water partition coefficient (Wildman–Crippen LogP) is 2.81. The molecule has 4 rings (SSSR count). The van der Waals surface area contributed by atoms with Gasteiger partial charge in [0.25, 0.3) is 0 Å². The Morgan fingerprint density at radius 2 is 2.04 bits per heavy atom. The summed E-state index contributed by atoms with van der Waals surface area (Å²) < 4.78 is 38.5. The van der Waals surface area contributed by atoms with Gasteiger partial charge in [-0.25, -0.2) is 8.42 Å². The average molecular weight is 359 g/mol. The van der Waals surface area contributed by atoms with E-state index < -0.39 is 10.0 Å². The van der Waals surface area contributed by atoms with Crippen LogP contribution in [0.15, 0.2) is 47.4 Å². The van der Waals surface area contributed by atoms with Crippen LogP contribution in [0.2, 0.25) is 0 Å². The molecule has 1 atom stereocenters. The Balaban J connectivity index is 1.58. The third-order valence-electron chi connectivity index (χ3n) is 5.03. The number of fused-ring (bicyclic) bond motifs is 1. The van der Waals surface area contributed by atoms with Crippen molar-refractivity contribution in [3.63, 3.8) is 0 Å². The number of rotatable bonds is 4. The number of methoxy groups -OCH3 is 1. The summed E-state index contributed by atoms with van der Waals surface area (Å²) in [7, 11) is -1.84. The van der Waals surface area contributed by atoms with Gasteiger partial charge in [-0.05, 0) is 41.8 Å². The highest BCUT2D eigenvalue weighted by atomic mass is 32.2. The van der Waals surface area contributed by atoms with E-state index in [-0.39, 0.29) is 5.92 Å². The van der Waals surface area contributed by atoms with E-state index in [1.807, 2.05) is 24.3 Å². The van der Waals surface area contributed by atoms with E-state index in [2.05, 4.69) is 0 Å². The van der Waals surface area contributed by atoms with Gasteiger partial charge in [-0.2, -0.15) is 4.31 Å². The summed E-state index contributed by atoms with van der Waals surface area (Å²) in [6.07, 6.45) is 1.57. The Kier molecular flexibility index (Phi) is 4.17. The summed E-state index contributed by atoms with van der Waals surface area (Å²) in [6, 6.07) is 13.0. The van der Waals surface area contributed by atoms with Crippen LogP contribution in [0.4, 0.5) is 0 Å². The molecule has 0 bridgehead atoms. The highest BCUT2D eigenvalue weighted by Gasteiger charge is 2.34. The number of hydrogen-bond acceptors (Lipinski definition) is 4. The lowest BCUT2D eigenvalue weighted by Gasteiger charge is -2.18. The summed E-state index contributed by atoms with van der Waals surface area (Å²) in [5.41, 5.74) is 2.05. The number of hydrogen-bond donors (Lipinski definition) is 0. The second kappa shape index (κ2) is 6.35. The van der Waals surface area contributed by atoms with Gasteiger partial charge >= 0.3 is 0 Å². The van der Waals surface area contributed by atoms with Gasteiger partial charge in [-0.3, -0.25) is 0 Å². The lowest BCUT2D eigenvalue weighted by atomic mass is 9.97. The first-order valence-corrected chi connectivity index (χ1v) is 9.92. The third-order valence-corrected chi connectivity index (χ3v) is 6.89. The van der Waals surface area contributed by atoms with Gasteiger partial charge in [-0.15, -0.1) is 0 Å². The van der Waals surface area contributed by atoms with Crippen LogP contribution in [0.3, 0.4) is 0 Å². The molecule has 0 N–H and O–H groups in total. The van der Waals surface area contributed by atoms with Crippen LogP contribution in [0.1, 0.15) is 23.5 Å². The predicted molar refractivity (Wildman–Crippen MR) is 94.8 cm³/mol. The third kappa shape index (κ3) is 2.89. The quantitative estimate of drug-likeness (QED) is 0.842. The number of sulfonamides is 1. The van der Waals surface area contributed by atoms with Gasteiger partial charge in [0.15, 0.2) is 0 Å². The van der Waals surface area contributed by atoms with Gasteiger partial charge in [-0.1, -0.05) is 18.2 Å². The first-order chi connectivity index (χ1) is 12.1. The molecular weight excluding hydrogens is 338 g/mol. The highest BCUT2D eigenvalue weighted by molar-refractivity contribution is 7.89. The fraction of sp³-hybridized carbons (Fsp3) is 0.368. The number of ether oxygens (including phenoxy) is 2. The van der Waals surface area contributed by atoms with Crippen molar-refractivity contribution in [2.45, 2.75) is 23.7 Å². The van der Waals surface area contributed by atoms with Crippen molar-refractivity contribution in [2.24, 2.45) is 0 Å². The molecule has 2 aliphatic rings. The van der Waals surface area contributed by atoms with Crippen molar-refractivity contribution in [2.75, 3.05) is 26.8 Å². The van der Waals surface area contributed by atoms with Crippen molar-refractivity contribution in [3.8, 4) is 11.5 Å². The van der Waals surface area contributed by atoms with Crippen molar-refractivity contribution in [3.05, 3.63) is 53.6 Å². The number of nitrogens with zero attached hydrogens (tertiary/aromatic N) is 1. The molecule has 1 fully saturated rings. The Hall–Kier alpha value is -2.05. The van der Waals surface area contributed by atoms with E-state index in [1.54, 1.807) is 29.6 Å². The molecule has 25 heavy (non-hydrogen) atoms. The zero-order valence-electron chi connectivity index (χ0n) is 14.1. The molecule has 1 saturated heterocycles. The van der Waals surface area contributed by atoms with Gasteiger partial charge < -0.3 is 9.47 Å². The fourth-order valence-corrected chi connectivity index (χ4v) is 5.23. The maximum absolute atomic E-state index is 13.0. The van der Waals surface area contributed by atoms with Crippen LogP contribution in [-0.4, -0.2) is 39.5 Å². The summed E-state index contributed by atoms with van der Waals surface area (Å²) in [4.78, 5) is 0.359. The van der Waals surface area contributed by atoms with Gasteiger partial charge in [0.05, 0.1) is 18.6 Å². The first kappa shape index (κ1) is 16.4. The van der Waals surface area contributed by atoms with E-state index in [0.717, 1.165) is 35.5 Å². The van der Waals surface area contributed by atoms with Crippen LogP contribution in [0.5, 0.6) is 11.5 Å². The van der Waals surface area contributed by atoms with Gasteiger partial charge in [0.1, 0.15) is 11.5 Å². The van der Waals surface area contributed by atoms with E-state index in [1.165, 1.54) is 0 Å². The molecular formula is C19H21NO4S. The Labute approximate surface area is 148 Å². The topological polar surface area (TPSA) is 55.8 Å². The van der Waals surface area contributed by atoms with Crippen molar-refractivity contribution in [1.82, 2.24) is 4.31 Å². The Bertz CT molecular complexity index is 894. The van der Waals surface area contributed by atoms with Gasteiger partial charge in [0.2, 0.25) is 10.0 Å². The van der Waals surface area contributed by atoms with E-state index in [4.69, 9.17) is 9.47 Å². The Morgan fingerprint density at radius 3 is 2.88 bits per heavy atom. The maximum atomic E-state index is 13.0. The molecule has 0 spiro atoms. The molecule has 0 amide bonds. The van der Waals surface area contributed by atoms with Crippen LogP contribution >= 0.6 is 0 Å². The fourth-order valence-electron chi connectivity index (χ4n) is 3.68. The zero-order valence-corrected chi connectivity index (χ0v) is 15.0. The summed E-state index contributed by atoms with van der Waals surface area (Å²) in [5, 5.41) is 0. The summed E-state index contributed by atoms with van der Waals surface area (Å²) >= 11 is 0. The lowest BCUT2D eigenvalue weighted by molar-refractivity contribution is 0.356. The van der Waals surface area contributed by atoms with Gasteiger partial charge in [0, 0.05) is 25.4 Å². The summed E-state index contributed by atoms with van der Waals surface area (Å²) in [6.45, 7) is 1.63. The van der Waals surface area contributed by atoms with Crippen LogP contribution in [0, 0.1) is 0 Å².